The number of rotatable bonds is 4. The molecule has 0 atom stereocenters. The van der Waals surface area contributed by atoms with Crippen LogP contribution in [0, 0.1) is 13.8 Å². The highest BCUT2D eigenvalue weighted by molar-refractivity contribution is 5.78. The monoisotopic (exact) mass is 404 g/mol. The van der Waals surface area contributed by atoms with Crippen LogP contribution >= 0.6 is 0 Å². The zero-order valence-electron chi connectivity index (χ0n) is 17.1. The number of benzene rings is 1. The van der Waals surface area contributed by atoms with E-state index in [2.05, 4.69) is 41.5 Å². The SMILES string of the molecule is Cc1ccc(-c2cc3c4nn(CC(=O)NC5CCCC5)c(=O)n4ccn3n2)cc1C. The second-order valence-electron chi connectivity index (χ2n) is 8.14. The summed E-state index contributed by atoms with van der Waals surface area (Å²) in [5.41, 5.74) is 5.12. The molecule has 3 aromatic heterocycles. The van der Waals surface area contributed by atoms with Gasteiger partial charge in [-0.3, -0.25) is 4.79 Å². The van der Waals surface area contributed by atoms with Crippen LogP contribution in [0.25, 0.3) is 22.4 Å². The van der Waals surface area contributed by atoms with Gasteiger partial charge in [0, 0.05) is 24.0 Å². The minimum Gasteiger partial charge on any atom is -0.352 e. The number of carbonyl (C=O) groups excluding carboxylic acids is 1. The zero-order valence-corrected chi connectivity index (χ0v) is 17.1. The summed E-state index contributed by atoms with van der Waals surface area (Å²) in [5, 5.41) is 12.1. The Morgan fingerprint density at radius 1 is 1.10 bits per heavy atom. The third-order valence-corrected chi connectivity index (χ3v) is 6.01. The molecule has 8 heteroatoms. The van der Waals surface area contributed by atoms with Crippen molar-refractivity contribution in [3.63, 3.8) is 0 Å². The van der Waals surface area contributed by atoms with Crippen molar-refractivity contribution in [2.24, 2.45) is 0 Å². The van der Waals surface area contributed by atoms with Crippen molar-refractivity contribution in [1.29, 1.82) is 0 Å². The maximum absolute atomic E-state index is 12.8. The van der Waals surface area contributed by atoms with Gasteiger partial charge in [-0.05, 0) is 49.9 Å². The number of nitrogens with one attached hydrogen (secondary N) is 1. The summed E-state index contributed by atoms with van der Waals surface area (Å²) >= 11 is 0. The van der Waals surface area contributed by atoms with Crippen molar-refractivity contribution in [2.75, 3.05) is 0 Å². The lowest BCUT2D eigenvalue weighted by atomic mass is 10.0. The number of carbonyl (C=O) groups is 1. The summed E-state index contributed by atoms with van der Waals surface area (Å²) in [7, 11) is 0. The van der Waals surface area contributed by atoms with Crippen LogP contribution in [0.3, 0.4) is 0 Å². The number of aryl methyl sites for hydroxylation is 2. The minimum absolute atomic E-state index is 0.0820. The smallest absolute Gasteiger partial charge is 0.350 e. The number of fused-ring (bicyclic) bond motifs is 3. The van der Waals surface area contributed by atoms with Gasteiger partial charge >= 0.3 is 5.69 Å². The first kappa shape index (κ1) is 18.6. The van der Waals surface area contributed by atoms with Gasteiger partial charge in [0.25, 0.3) is 0 Å². The number of aromatic nitrogens is 5. The Balaban J connectivity index is 1.51. The third-order valence-electron chi connectivity index (χ3n) is 6.01. The second kappa shape index (κ2) is 7.12. The quantitative estimate of drug-likeness (QED) is 0.566. The molecule has 0 spiro atoms. The first-order valence-corrected chi connectivity index (χ1v) is 10.3. The Labute approximate surface area is 173 Å². The first-order chi connectivity index (χ1) is 14.5. The highest BCUT2D eigenvalue weighted by Gasteiger charge is 2.19. The predicted octanol–water partition coefficient (Wildman–Crippen LogP) is 2.49. The fraction of sp³-hybridized carbons (Fsp3) is 0.364. The molecule has 3 heterocycles. The minimum atomic E-state index is -0.331. The lowest BCUT2D eigenvalue weighted by Gasteiger charge is -2.10. The summed E-state index contributed by atoms with van der Waals surface area (Å²) in [4.78, 5) is 25.1. The third kappa shape index (κ3) is 3.18. The number of hydrogen-bond donors (Lipinski definition) is 1. The van der Waals surface area contributed by atoms with Crippen LogP contribution in [0.15, 0.2) is 41.5 Å². The fourth-order valence-electron chi connectivity index (χ4n) is 4.16. The highest BCUT2D eigenvalue weighted by Crippen LogP contribution is 2.23. The number of nitrogens with zero attached hydrogens (tertiary/aromatic N) is 5. The highest BCUT2D eigenvalue weighted by atomic mass is 16.2. The van der Waals surface area contributed by atoms with Crippen molar-refractivity contribution in [2.45, 2.75) is 52.1 Å². The number of amides is 1. The van der Waals surface area contributed by atoms with Gasteiger partial charge in [-0.1, -0.05) is 25.0 Å². The Morgan fingerprint density at radius 2 is 1.90 bits per heavy atom. The van der Waals surface area contributed by atoms with Gasteiger partial charge in [-0.25, -0.2) is 18.4 Å². The molecule has 1 fully saturated rings. The van der Waals surface area contributed by atoms with E-state index in [0.717, 1.165) is 42.5 Å². The average Bonchev–Trinajstić information content (AvgIpc) is 3.44. The van der Waals surface area contributed by atoms with E-state index in [1.165, 1.54) is 20.2 Å². The molecule has 8 nitrogen and oxygen atoms in total. The molecule has 1 amide bonds. The van der Waals surface area contributed by atoms with E-state index in [-0.39, 0.29) is 24.2 Å². The van der Waals surface area contributed by atoms with Crippen molar-refractivity contribution in [3.05, 3.63) is 58.3 Å². The van der Waals surface area contributed by atoms with Crippen LogP contribution in [0.1, 0.15) is 36.8 Å². The molecule has 0 unspecified atom stereocenters. The van der Waals surface area contributed by atoms with Crippen molar-refractivity contribution in [3.8, 4) is 11.3 Å². The molecule has 1 aliphatic carbocycles. The van der Waals surface area contributed by atoms with E-state index >= 15 is 0 Å². The molecule has 1 aliphatic rings. The molecular formula is C22H24N6O2. The summed E-state index contributed by atoms with van der Waals surface area (Å²) in [6.07, 6.45) is 7.66. The van der Waals surface area contributed by atoms with Gasteiger partial charge in [0.2, 0.25) is 5.91 Å². The molecule has 0 saturated heterocycles. The van der Waals surface area contributed by atoms with Gasteiger partial charge in [0.15, 0.2) is 5.65 Å². The normalized spacial score (nSPS) is 14.7. The van der Waals surface area contributed by atoms with Crippen LogP contribution < -0.4 is 11.0 Å². The molecule has 5 rings (SSSR count). The molecule has 1 N–H and O–H groups in total. The van der Waals surface area contributed by atoms with Gasteiger partial charge in [-0.15, -0.1) is 5.10 Å². The van der Waals surface area contributed by atoms with E-state index in [1.54, 1.807) is 16.9 Å². The molecule has 1 saturated carbocycles. The van der Waals surface area contributed by atoms with E-state index in [9.17, 15) is 9.59 Å². The Morgan fingerprint density at radius 3 is 2.67 bits per heavy atom. The lowest BCUT2D eigenvalue weighted by molar-refractivity contribution is -0.122. The van der Waals surface area contributed by atoms with E-state index < -0.39 is 0 Å². The molecule has 1 aromatic carbocycles. The van der Waals surface area contributed by atoms with Crippen LogP contribution in [0.4, 0.5) is 0 Å². The summed E-state index contributed by atoms with van der Waals surface area (Å²) in [6.45, 7) is 4.07. The summed E-state index contributed by atoms with van der Waals surface area (Å²) in [5.74, 6) is -0.173. The average molecular weight is 404 g/mol. The van der Waals surface area contributed by atoms with Crippen LogP contribution in [0.2, 0.25) is 0 Å². The fourth-order valence-corrected chi connectivity index (χ4v) is 4.16. The standard InChI is InChI=1S/C22H24N6O2/c1-14-7-8-16(11-15(14)2)18-12-19-21-25-28(13-20(29)23-17-5-3-4-6-17)22(30)26(21)9-10-27(19)24-18/h7-12,17H,3-6,13H2,1-2H3,(H,23,29). The Hall–Kier alpha value is -3.42. The zero-order chi connectivity index (χ0) is 20.8. The summed E-state index contributed by atoms with van der Waals surface area (Å²) < 4.78 is 4.40. The first-order valence-electron chi connectivity index (χ1n) is 10.3. The van der Waals surface area contributed by atoms with E-state index in [1.807, 2.05) is 12.1 Å². The van der Waals surface area contributed by atoms with Crippen LogP contribution in [0.5, 0.6) is 0 Å². The predicted molar refractivity (Wildman–Crippen MR) is 114 cm³/mol. The topological polar surface area (TPSA) is 85.7 Å². The lowest BCUT2D eigenvalue weighted by Crippen LogP contribution is -2.37. The Kier molecular flexibility index (Phi) is 4.42. The molecular weight excluding hydrogens is 380 g/mol. The maximum Gasteiger partial charge on any atom is 0.350 e. The van der Waals surface area contributed by atoms with E-state index in [0.29, 0.717) is 5.65 Å². The van der Waals surface area contributed by atoms with Crippen LogP contribution in [-0.2, 0) is 11.3 Å². The largest absolute Gasteiger partial charge is 0.352 e. The molecule has 0 bridgehead atoms. The van der Waals surface area contributed by atoms with Gasteiger partial charge in [0.1, 0.15) is 12.1 Å². The van der Waals surface area contributed by atoms with Crippen molar-refractivity contribution < 1.29 is 4.79 Å². The maximum atomic E-state index is 12.8. The molecule has 154 valence electrons. The Bertz CT molecular complexity index is 1320. The molecule has 30 heavy (non-hydrogen) atoms. The summed E-state index contributed by atoms with van der Waals surface area (Å²) in [6, 6.07) is 8.36. The molecule has 0 aliphatic heterocycles. The number of hydrogen-bond acceptors (Lipinski definition) is 4. The van der Waals surface area contributed by atoms with Crippen molar-refractivity contribution >= 4 is 17.1 Å². The van der Waals surface area contributed by atoms with E-state index in [4.69, 9.17) is 0 Å². The second-order valence-corrected chi connectivity index (χ2v) is 8.14. The molecule has 0 radical (unpaired) electrons. The van der Waals surface area contributed by atoms with Gasteiger partial charge < -0.3 is 5.32 Å². The molecule has 4 aromatic rings. The van der Waals surface area contributed by atoms with Crippen LogP contribution in [-0.4, -0.2) is 35.7 Å². The van der Waals surface area contributed by atoms with Gasteiger partial charge in [-0.2, -0.15) is 5.10 Å². The van der Waals surface area contributed by atoms with Gasteiger partial charge in [0.05, 0.1) is 5.69 Å². The van der Waals surface area contributed by atoms with Crippen molar-refractivity contribution in [1.82, 2.24) is 29.1 Å².